The number of rotatable bonds is 66. The van der Waals surface area contributed by atoms with Gasteiger partial charge in [0.2, 0.25) is 0 Å². The van der Waals surface area contributed by atoms with Crippen molar-refractivity contribution < 1.29 is 28.6 Å². The lowest BCUT2D eigenvalue weighted by Gasteiger charge is -2.18. The van der Waals surface area contributed by atoms with Gasteiger partial charge in [-0.25, -0.2) is 0 Å². The summed E-state index contributed by atoms with van der Waals surface area (Å²) in [5, 5.41) is 0. The minimum absolute atomic E-state index is 0.0737. The Morgan fingerprint density at radius 2 is 0.450 bits per heavy atom. The molecule has 0 aromatic carbocycles. The summed E-state index contributed by atoms with van der Waals surface area (Å²) < 4.78 is 17.0. The lowest BCUT2D eigenvalue weighted by atomic mass is 10.0. The third-order valence-electron chi connectivity index (χ3n) is 16.1. The molecule has 6 heteroatoms. The second kappa shape index (κ2) is 68.9. The molecule has 0 N–H and O–H groups in total. The van der Waals surface area contributed by atoms with Crippen molar-refractivity contribution in [3.8, 4) is 0 Å². The molecule has 0 heterocycles. The van der Waals surface area contributed by atoms with Crippen LogP contribution in [-0.2, 0) is 28.6 Å². The number of esters is 3. The summed E-state index contributed by atoms with van der Waals surface area (Å²) >= 11 is 0. The fraction of sp³-hybridized carbons (Fsp3) is 0.851. The van der Waals surface area contributed by atoms with Crippen LogP contribution in [0.25, 0.3) is 0 Å². The van der Waals surface area contributed by atoms with Crippen LogP contribution in [0.3, 0.4) is 0 Å². The standard InChI is InChI=1S/C74H136O6/c1-4-7-10-13-16-19-22-25-28-31-33-35-37-39-40-43-46-49-52-55-58-61-64-67-73(76)79-70-71(69-78-72(75)66-63-60-57-54-51-48-45-42-30-27-24-21-18-15-12-9-6-3)80-74(77)68-65-62-59-56-53-50-47-44-41-38-36-34-32-29-26-23-20-17-14-11-8-5-2/h22,25,27,30-31,33,37,39,71H,4-21,23-24,26,28-29,32,34-36,38,40-70H2,1-3H3/b25-22-,30-27-,33-31-,39-37-. The molecule has 0 bridgehead atoms. The van der Waals surface area contributed by atoms with Crippen LogP contribution in [0.15, 0.2) is 48.6 Å². The fourth-order valence-electron chi connectivity index (χ4n) is 10.7. The Morgan fingerprint density at radius 1 is 0.250 bits per heavy atom. The van der Waals surface area contributed by atoms with E-state index in [-0.39, 0.29) is 31.1 Å². The van der Waals surface area contributed by atoms with E-state index in [2.05, 4.69) is 69.4 Å². The molecule has 0 spiro atoms. The molecule has 0 aromatic heterocycles. The van der Waals surface area contributed by atoms with Crippen molar-refractivity contribution in [2.75, 3.05) is 13.2 Å². The minimum Gasteiger partial charge on any atom is -0.462 e. The summed E-state index contributed by atoms with van der Waals surface area (Å²) in [4.78, 5) is 38.5. The van der Waals surface area contributed by atoms with Crippen LogP contribution in [0, 0.1) is 0 Å². The van der Waals surface area contributed by atoms with E-state index in [1.54, 1.807) is 0 Å². The molecule has 6 nitrogen and oxygen atoms in total. The van der Waals surface area contributed by atoms with E-state index < -0.39 is 6.10 Å². The van der Waals surface area contributed by atoms with Gasteiger partial charge in [-0.15, -0.1) is 0 Å². The molecule has 468 valence electrons. The number of allylic oxidation sites excluding steroid dienone is 8. The first-order chi connectivity index (χ1) is 39.5. The monoisotopic (exact) mass is 1120 g/mol. The molecule has 0 aliphatic carbocycles. The second-order valence-corrected chi connectivity index (χ2v) is 24.1. The Balaban J connectivity index is 4.33. The number of hydrogen-bond acceptors (Lipinski definition) is 6. The van der Waals surface area contributed by atoms with E-state index in [1.807, 2.05) is 0 Å². The first-order valence-corrected chi connectivity index (χ1v) is 35.6. The van der Waals surface area contributed by atoms with Crippen molar-refractivity contribution in [2.24, 2.45) is 0 Å². The minimum atomic E-state index is -0.778. The molecular weight excluding hydrogens is 985 g/mol. The maximum Gasteiger partial charge on any atom is 0.306 e. The van der Waals surface area contributed by atoms with Crippen LogP contribution in [0.4, 0.5) is 0 Å². The van der Waals surface area contributed by atoms with Crippen molar-refractivity contribution in [2.45, 2.75) is 393 Å². The molecule has 0 radical (unpaired) electrons. The first-order valence-electron chi connectivity index (χ1n) is 35.6. The summed E-state index contributed by atoms with van der Waals surface area (Å²) in [6.07, 6.45) is 87.0. The lowest BCUT2D eigenvalue weighted by Crippen LogP contribution is -2.30. The molecule has 0 aliphatic rings. The van der Waals surface area contributed by atoms with Crippen LogP contribution in [-0.4, -0.2) is 37.2 Å². The van der Waals surface area contributed by atoms with Gasteiger partial charge in [0.25, 0.3) is 0 Å². The van der Waals surface area contributed by atoms with Gasteiger partial charge >= 0.3 is 17.9 Å². The van der Waals surface area contributed by atoms with Gasteiger partial charge in [0.15, 0.2) is 6.10 Å². The SMILES string of the molecule is CCCCCCC/C=C\C/C=C\C/C=C\CCCCCCCCCCC(=O)OCC(COC(=O)CCCCCCCCC/C=C\CCCCCCCC)OC(=O)CCCCCCCCCCCCCCCCCCCCCCCC. The molecule has 0 rings (SSSR count). The third kappa shape index (κ3) is 66.2. The van der Waals surface area contributed by atoms with Crippen LogP contribution in [0.2, 0.25) is 0 Å². The molecule has 0 saturated heterocycles. The molecule has 1 unspecified atom stereocenters. The molecule has 0 fully saturated rings. The summed E-state index contributed by atoms with van der Waals surface area (Å²) in [5.74, 6) is -0.857. The summed E-state index contributed by atoms with van der Waals surface area (Å²) in [5.41, 5.74) is 0. The maximum absolute atomic E-state index is 13.0. The van der Waals surface area contributed by atoms with E-state index >= 15 is 0 Å². The van der Waals surface area contributed by atoms with Crippen LogP contribution in [0.5, 0.6) is 0 Å². The third-order valence-corrected chi connectivity index (χ3v) is 16.1. The van der Waals surface area contributed by atoms with E-state index in [0.717, 1.165) is 77.0 Å². The van der Waals surface area contributed by atoms with Crippen LogP contribution in [0.1, 0.15) is 387 Å². The average molecular weight is 1120 g/mol. The predicted octanol–water partition coefficient (Wildman–Crippen LogP) is 24.5. The quantitative estimate of drug-likeness (QED) is 0.0261. The zero-order valence-corrected chi connectivity index (χ0v) is 53.9. The number of carbonyl (C=O) groups is 3. The topological polar surface area (TPSA) is 78.9 Å². The second-order valence-electron chi connectivity index (χ2n) is 24.1. The van der Waals surface area contributed by atoms with E-state index in [9.17, 15) is 14.4 Å². The lowest BCUT2D eigenvalue weighted by molar-refractivity contribution is -0.167. The predicted molar refractivity (Wildman–Crippen MR) is 349 cm³/mol. The summed E-state index contributed by atoms with van der Waals surface area (Å²) in [7, 11) is 0. The zero-order valence-electron chi connectivity index (χ0n) is 53.9. The van der Waals surface area contributed by atoms with Gasteiger partial charge < -0.3 is 14.2 Å². The average Bonchev–Trinajstić information content (AvgIpc) is 3.46. The van der Waals surface area contributed by atoms with Gasteiger partial charge in [-0.3, -0.25) is 14.4 Å². The molecule has 0 aliphatic heterocycles. The van der Waals surface area contributed by atoms with E-state index in [1.165, 1.54) is 270 Å². The van der Waals surface area contributed by atoms with Crippen molar-refractivity contribution >= 4 is 17.9 Å². The Kier molecular flexibility index (Phi) is 66.6. The highest BCUT2D eigenvalue weighted by molar-refractivity contribution is 5.71. The Bertz CT molecular complexity index is 1380. The molecule has 80 heavy (non-hydrogen) atoms. The van der Waals surface area contributed by atoms with E-state index in [4.69, 9.17) is 14.2 Å². The molecule has 0 amide bonds. The Morgan fingerprint density at radius 3 is 0.713 bits per heavy atom. The first kappa shape index (κ1) is 77.4. The van der Waals surface area contributed by atoms with Gasteiger partial charge in [-0.05, 0) is 83.5 Å². The molecular formula is C74H136O6. The number of hydrogen-bond donors (Lipinski definition) is 0. The van der Waals surface area contributed by atoms with E-state index in [0.29, 0.717) is 19.3 Å². The number of unbranched alkanes of at least 4 members (excludes halogenated alkanes) is 47. The van der Waals surface area contributed by atoms with Gasteiger partial charge in [0.1, 0.15) is 13.2 Å². The highest BCUT2D eigenvalue weighted by Gasteiger charge is 2.19. The Labute approximate surface area is 498 Å². The molecule has 1 atom stereocenters. The number of ether oxygens (including phenoxy) is 3. The largest absolute Gasteiger partial charge is 0.462 e. The van der Waals surface area contributed by atoms with Gasteiger partial charge in [0, 0.05) is 19.3 Å². The van der Waals surface area contributed by atoms with Crippen molar-refractivity contribution in [1.29, 1.82) is 0 Å². The fourth-order valence-corrected chi connectivity index (χ4v) is 10.7. The Hall–Kier alpha value is -2.63. The summed E-state index contributed by atoms with van der Waals surface area (Å²) in [6.45, 7) is 6.69. The smallest absolute Gasteiger partial charge is 0.306 e. The zero-order chi connectivity index (χ0) is 57.8. The van der Waals surface area contributed by atoms with Crippen LogP contribution < -0.4 is 0 Å². The van der Waals surface area contributed by atoms with Crippen LogP contribution >= 0.6 is 0 Å². The van der Waals surface area contributed by atoms with Crippen molar-refractivity contribution in [1.82, 2.24) is 0 Å². The van der Waals surface area contributed by atoms with Gasteiger partial charge in [-0.2, -0.15) is 0 Å². The summed E-state index contributed by atoms with van der Waals surface area (Å²) in [6, 6.07) is 0. The molecule has 0 aromatic rings. The normalized spacial score (nSPS) is 12.3. The highest BCUT2D eigenvalue weighted by Crippen LogP contribution is 2.18. The van der Waals surface area contributed by atoms with Gasteiger partial charge in [-0.1, -0.05) is 333 Å². The maximum atomic E-state index is 13.0. The highest BCUT2D eigenvalue weighted by atomic mass is 16.6. The number of carbonyl (C=O) groups excluding carboxylic acids is 3. The van der Waals surface area contributed by atoms with Crippen molar-refractivity contribution in [3.05, 3.63) is 48.6 Å². The van der Waals surface area contributed by atoms with Crippen molar-refractivity contribution in [3.63, 3.8) is 0 Å². The molecule has 0 saturated carbocycles. The van der Waals surface area contributed by atoms with Gasteiger partial charge in [0.05, 0.1) is 0 Å².